The molecule has 0 bridgehead atoms. The number of nitrogens with one attached hydrogen (secondary N) is 1. The van der Waals surface area contributed by atoms with Gasteiger partial charge in [-0.3, -0.25) is 4.90 Å². The number of carboxylic acid groups (broad SMARTS) is 1. The molecule has 4 heterocycles. The van der Waals surface area contributed by atoms with Crippen LogP contribution in [0.1, 0.15) is 34.3 Å². The van der Waals surface area contributed by atoms with Crippen molar-refractivity contribution in [3.05, 3.63) is 33.6 Å². The number of carboxylic acids is 1. The van der Waals surface area contributed by atoms with Gasteiger partial charge in [-0.1, -0.05) is 6.07 Å². The molecule has 9 heteroatoms. The largest absolute Gasteiger partial charge is 0.477 e. The number of carbonyl (C=O) groups is 1. The Morgan fingerprint density at radius 2 is 2.28 bits per heavy atom. The van der Waals surface area contributed by atoms with Crippen LogP contribution in [0.15, 0.2) is 17.5 Å². The number of thiophene rings is 2. The molecule has 0 aliphatic carbocycles. The van der Waals surface area contributed by atoms with Gasteiger partial charge in [-0.2, -0.15) is 0 Å². The summed E-state index contributed by atoms with van der Waals surface area (Å²) in [5.74, 6) is -1.01. The molecule has 0 radical (unpaired) electrons. The van der Waals surface area contributed by atoms with Crippen LogP contribution in [0.3, 0.4) is 0 Å². The minimum atomic E-state index is -1.01. The van der Waals surface area contributed by atoms with Crippen molar-refractivity contribution in [2.75, 3.05) is 25.4 Å². The van der Waals surface area contributed by atoms with E-state index in [1.54, 1.807) is 18.3 Å². The van der Waals surface area contributed by atoms with E-state index in [1.807, 2.05) is 11.4 Å². The Balaban J connectivity index is 1.63. The molecule has 1 unspecified atom stereocenters. The summed E-state index contributed by atoms with van der Waals surface area (Å²) in [7, 11) is 0. The highest BCUT2D eigenvalue weighted by Crippen LogP contribution is 2.45. The van der Waals surface area contributed by atoms with Crippen LogP contribution in [0.5, 0.6) is 0 Å². The molecule has 0 fully saturated rings. The summed E-state index contributed by atoms with van der Waals surface area (Å²) >= 11 is 2.79. The van der Waals surface area contributed by atoms with Gasteiger partial charge in [0.25, 0.3) is 0 Å². The molecule has 5 N–H and O–H groups in total. The van der Waals surface area contributed by atoms with E-state index in [4.69, 9.17) is 10.7 Å². The third-order valence-electron chi connectivity index (χ3n) is 5.05. The summed E-state index contributed by atoms with van der Waals surface area (Å²) in [5.41, 5.74) is 9.78. The first-order valence-corrected chi connectivity index (χ1v) is 11.3. The van der Waals surface area contributed by atoms with Crippen molar-refractivity contribution in [1.82, 2.24) is 15.2 Å². The standard InChI is InChI=1S/C20H24N4O3S2/c1-11(25)8-22-5-3-6-24-9-12-13(10-24)23-19-16(15(12)14-4-2-7-28-14)17(21)18(29-19)20(26)27/h2,4,7,11,22,25H,3,5-6,8-10,21H2,1H3,(H,26,27). The number of aliphatic hydroxyl groups is 1. The van der Waals surface area contributed by atoms with Crippen LogP contribution in [-0.4, -0.2) is 51.8 Å². The summed E-state index contributed by atoms with van der Waals surface area (Å²) in [5, 5.41) is 24.9. The lowest BCUT2D eigenvalue weighted by Crippen LogP contribution is -2.28. The van der Waals surface area contributed by atoms with Crippen molar-refractivity contribution < 1.29 is 15.0 Å². The van der Waals surface area contributed by atoms with E-state index in [-0.39, 0.29) is 11.0 Å². The fourth-order valence-electron chi connectivity index (χ4n) is 3.78. The number of aromatic carboxylic acids is 1. The van der Waals surface area contributed by atoms with Crippen molar-refractivity contribution >= 4 is 44.5 Å². The zero-order valence-corrected chi connectivity index (χ0v) is 17.8. The van der Waals surface area contributed by atoms with Crippen molar-refractivity contribution in [3.8, 4) is 10.4 Å². The Bertz CT molecular complexity index is 1030. The van der Waals surface area contributed by atoms with Gasteiger partial charge in [0.2, 0.25) is 0 Å². The van der Waals surface area contributed by atoms with E-state index in [0.29, 0.717) is 17.1 Å². The average molecular weight is 433 g/mol. The Hall–Kier alpha value is -2.04. The lowest BCUT2D eigenvalue weighted by Gasteiger charge is -2.15. The van der Waals surface area contributed by atoms with Gasteiger partial charge in [-0.05, 0) is 36.9 Å². The Labute approximate surface area is 176 Å². The van der Waals surface area contributed by atoms with Crippen LogP contribution in [0.4, 0.5) is 5.69 Å². The van der Waals surface area contributed by atoms with E-state index in [1.165, 1.54) is 0 Å². The van der Waals surface area contributed by atoms with Crippen molar-refractivity contribution in [2.45, 2.75) is 32.5 Å². The molecule has 154 valence electrons. The smallest absolute Gasteiger partial charge is 0.348 e. The normalized spacial score (nSPS) is 15.1. The molecule has 1 aliphatic heterocycles. The molecule has 1 aliphatic rings. The third-order valence-corrected chi connectivity index (χ3v) is 7.02. The zero-order valence-electron chi connectivity index (χ0n) is 16.1. The molecule has 0 spiro atoms. The molecule has 3 aromatic rings. The van der Waals surface area contributed by atoms with E-state index >= 15 is 0 Å². The van der Waals surface area contributed by atoms with Gasteiger partial charge in [-0.25, -0.2) is 9.78 Å². The van der Waals surface area contributed by atoms with Crippen molar-refractivity contribution in [1.29, 1.82) is 0 Å². The predicted octanol–water partition coefficient (Wildman–Crippen LogP) is 2.98. The van der Waals surface area contributed by atoms with Crippen LogP contribution in [0.25, 0.3) is 20.7 Å². The molecule has 0 aromatic carbocycles. The molecule has 4 rings (SSSR count). The summed E-state index contributed by atoms with van der Waals surface area (Å²) in [6.07, 6.45) is 0.645. The molecular weight excluding hydrogens is 408 g/mol. The third kappa shape index (κ3) is 4.01. The summed E-state index contributed by atoms with van der Waals surface area (Å²) in [4.78, 5) is 20.7. The number of anilines is 1. The first-order chi connectivity index (χ1) is 14.0. The van der Waals surface area contributed by atoms with Gasteiger partial charge < -0.3 is 21.3 Å². The molecule has 29 heavy (non-hydrogen) atoms. The highest BCUT2D eigenvalue weighted by molar-refractivity contribution is 7.21. The van der Waals surface area contributed by atoms with E-state index < -0.39 is 5.97 Å². The van der Waals surface area contributed by atoms with Crippen molar-refractivity contribution in [3.63, 3.8) is 0 Å². The van der Waals surface area contributed by atoms with Crippen LogP contribution in [-0.2, 0) is 13.1 Å². The first kappa shape index (κ1) is 20.2. The quantitative estimate of drug-likeness (QED) is 0.405. The van der Waals surface area contributed by atoms with E-state index in [0.717, 1.165) is 71.0 Å². The van der Waals surface area contributed by atoms with Gasteiger partial charge >= 0.3 is 5.97 Å². The number of nitrogens with zero attached hydrogens (tertiary/aromatic N) is 2. The fourth-order valence-corrected chi connectivity index (χ4v) is 5.54. The zero-order chi connectivity index (χ0) is 20.5. The summed E-state index contributed by atoms with van der Waals surface area (Å²) < 4.78 is 0. The predicted molar refractivity (Wildman–Crippen MR) is 118 cm³/mol. The Kier molecular flexibility index (Phi) is 5.84. The number of rotatable bonds is 8. The lowest BCUT2D eigenvalue weighted by atomic mass is 10.0. The van der Waals surface area contributed by atoms with Gasteiger partial charge in [-0.15, -0.1) is 22.7 Å². The number of hydrogen-bond acceptors (Lipinski definition) is 8. The molecule has 3 aromatic heterocycles. The molecule has 0 saturated heterocycles. The Morgan fingerprint density at radius 1 is 1.45 bits per heavy atom. The van der Waals surface area contributed by atoms with Crippen LogP contribution in [0.2, 0.25) is 0 Å². The van der Waals surface area contributed by atoms with Gasteiger partial charge in [0.1, 0.15) is 9.71 Å². The second-order valence-corrected chi connectivity index (χ2v) is 9.28. The van der Waals surface area contributed by atoms with Crippen molar-refractivity contribution in [2.24, 2.45) is 0 Å². The number of pyridine rings is 1. The van der Waals surface area contributed by atoms with Crippen LogP contribution >= 0.6 is 22.7 Å². The molecule has 1 atom stereocenters. The number of fused-ring (bicyclic) bond motifs is 2. The lowest BCUT2D eigenvalue weighted by molar-refractivity contribution is 0.0703. The average Bonchev–Trinajstić information content (AvgIpc) is 3.38. The Morgan fingerprint density at radius 3 is 2.97 bits per heavy atom. The number of aromatic nitrogens is 1. The number of nitrogens with two attached hydrogens (primary N) is 1. The maximum atomic E-state index is 11.6. The maximum Gasteiger partial charge on any atom is 0.348 e. The molecule has 0 amide bonds. The highest BCUT2D eigenvalue weighted by atomic mass is 32.1. The summed E-state index contributed by atoms with van der Waals surface area (Å²) in [6, 6.07) is 4.06. The SMILES string of the molecule is CC(O)CNCCCN1Cc2nc3sc(C(=O)O)c(N)c3c(-c3cccs3)c2C1. The highest BCUT2D eigenvalue weighted by Gasteiger charge is 2.29. The van der Waals surface area contributed by atoms with Crippen LogP contribution in [0, 0.1) is 0 Å². The van der Waals surface area contributed by atoms with Crippen LogP contribution < -0.4 is 11.1 Å². The molecule has 7 nitrogen and oxygen atoms in total. The van der Waals surface area contributed by atoms with Gasteiger partial charge in [0.15, 0.2) is 0 Å². The van der Waals surface area contributed by atoms with E-state index in [9.17, 15) is 15.0 Å². The molecular formula is C20H24N4O3S2. The fraction of sp³-hybridized carbons (Fsp3) is 0.400. The summed E-state index contributed by atoms with van der Waals surface area (Å²) in [6.45, 7) is 5.68. The van der Waals surface area contributed by atoms with Gasteiger partial charge in [0.05, 0.1) is 17.5 Å². The minimum Gasteiger partial charge on any atom is -0.477 e. The number of aliphatic hydroxyl groups excluding tert-OH is 1. The molecule has 0 saturated carbocycles. The maximum absolute atomic E-state index is 11.6. The first-order valence-electron chi connectivity index (χ1n) is 9.57. The second-order valence-electron chi connectivity index (χ2n) is 7.34. The van der Waals surface area contributed by atoms with E-state index in [2.05, 4.69) is 16.3 Å². The minimum absolute atomic E-state index is 0.162. The topological polar surface area (TPSA) is 112 Å². The second kappa shape index (κ2) is 8.37. The van der Waals surface area contributed by atoms with Gasteiger partial charge in [0, 0.05) is 42.0 Å². The number of hydrogen-bond donors (Lipinski definition) is 4. The monoisotopic (exact) mass is 432 g/mol. The number of nitrogen functional groups attached to an aromatic ring is 1.